The van der Waals surface area contributed by atoms with E-state index in [1.165, 1.54) is 0 Å². The van der Waals surface area contributed by atoms with Gasteiger partial charge in [0, 0.05) is 29.4 Å². The van der Waals surface area contributed by atoms with Crippen molar-refractivity contribution in [2.75, 3.05) is 19.6 Å². The molecule has 1 fully saturated rings. The Morgan fingerprint density at radius 3 is 2.81 bits per heavy atom. The number of carbonyl (C=O) groups excluding carboxylic acids is 1. The lowest BCUT2D eigenvalue weighted by Gasteiger charge is -2.25. The van der Waals surface area contributed by atoms with Crippen molar-refractivity contribution in [3.05, 3.63) is 58.1 Å². The molecule has 0 spiro atoms. The van der Waals surface area contributed by atoms with Gasteiger partial charge in [0.05, 0.1) is 5.41 Å². The molecular weight excluding hydrogens is 284 g/mol. The monoisotopic (exact) mass is 302 g/mol. The molecule has 0 N–H and O–H groups in total. The molecule has 1 aromatic heterocycles. The Balaban J connectivity index is 2.28. The molecule has 0 aromatic carbocycles. The summed E-state index contributed by atoms with van der Waals surface area (Å²) < 4.78 is 0. The van der Waals surface area contributed by atoms with Gasteiger partial charge in [-0.25, -0.2) is 0 Å². The first kappa shape index (κ1) is 15.4. The maximum atomic E-state index is 13.0. The van der Waals surface area contributed by atoms with Crippen LogP contribution in [0.4, 0.5) is 0 Å². The average molecular weight is 302 g/mol. The minimum absolute atomic E-state index is 0.0721. The molecule has 0 saturated heterocycles. The highest BCUT2D eigenvalue weighted by atomic mass is 32.1. The SMILES string of the molecule is C=CCN(CC=C)C(=O)[C@@]1(c2cccs2)C[C@H]1CN=[N+]=[N-]. The van der Waals surface area contributed by atoms with Gasteiger partial charge in [0.1, 0.15) is 0 Å². The van der Waals surface area contributed by atoms with Crippen molar-refractivity contribution in [3.63, 3.8) is 0 Å². The average Bonchev–Trinajstić information content (AvgIpc) is 2.95. The molecule has 1 heterocycles. The van der Waals surface area contributed by atoms with E-state index in [2.05, 4.69) is 23.2 Å². The molecule has 1 amide bonds. The zero-order valence-electron chi connectivity index (χ0n) is 11.8. The number of hydrogen-bond acceptors (Lipinski definition) is 3. The van der Waals surface area contributed by atoms with Crippen LogP contribution in [-0.2, 0) is 10.2 Å². The van der Waals surface area contributed by atoms with Crippen molar-refractivity contribution in [2.45, 2.75) is 11.8 Å². The highest BCUT2D eigenvalue weighted by Gasteiger charge is 2.62. The summed E-state index contributed by atoms with van der Waals surface area (Å²) in [5, 5.41) is 5.62. The minimum atomic E-state index is -0.533. The molecule has 5 nitrogen and oxygen atoms in total. The normalized spacial score (nSPS) is 23.0. The van der Waals surface area contributed by atoms with E-state index in [0.29, 0.717) is 19.6 Å². The first-order chi connectivity index (χ1) is 10.2. The Kier molecular flexibility index (Phi) is 4.83. The lowest BCUT2D eigenvalue weighted by Crippen LogP contribution is -2.40. The van der Waals surface area contributed by atoms with Crippen molar-refractivity contribution >= 4 is 17.2 Å². The summed E-state index contributed by atoms with van der Waals surface area (Å²) in [5.74, 6) is 0.152. The van der Waals surface area contributed by atoms with E-state index in [1.807, 2.05) is 17.5 Å². The number of carbonyl (C=O) groups is 1. The summed E-state index contributed by atoms with van der Waals surface area (Å²) in [6.07, 6.45) is 4.17. The number of azide groups is 1. The third kappa shape index (κ3) is 2.86. The Morgan fingerprint density at radius 2 is 2.29 bits per heavy atom. The second kappa shape index (κ2) is 6.61. The third-order valence-electron chi connectivity index (χ3n) is 3.80. The van der Waals surface area contributed by atoms with Gasteiger partial charge in [-0.05, 0) is 29.3 Å². The number of hydrogen-bond donors (Lipinski definition) is 0. The topological polar surface area (TPSA) is 69.1 Å². The van der Waals surface area contributed by atoms with Crippen LogP contribution in [0.15, 0.2) is 47.9 Å². The molecule has 1 saturated carbocycles. The number of amides is 1. The summed E-state index contributed by atoms with van der Waals surface area (Å²) in [7, 11) is 0. The fourth-order valence-electron chi connectivity index (χ4n) is 2.72. The second-order valence-electron chi connectivity index (χ2n) is 5.05. The van der Waals surface area contributed by atoms with Crippen LogP contribution in [-0.4, -0.2) is 30.4 Å². The summed E-state index contributed by atoms with van der Waals surface area (Å²) in [6, 6.07) is 3.93. The summed E-state index contributed by atoms with van der Waals surface area (Å²) in [4.78, 5) is 18.6. The third-order valence-corrected chi connectivity index (χ3v) is 4.85. The molecule has 1 aromatic rings. The molecule has 0 radical (unpaired) electrons. The molecule has 1 aliphatic carbocycles. The quantitative estimate of drug-likeness (QED) is 0.313. The number of nitrogens with zero attached hydrogens (tertiary/aromatic N) is 4. The molecule has 6 heteroatoms. The predicted octanol–water partition coefficient (Wildman–Crippen LogP) is 3.52. The lowest BCUT2D eigenvalue weighted by atomic mass is 9.99. The van der Waals surface area contributed by atoms with Crippen molar-refractivity contribution in [1.29, 1.82) is 0 Å². The molecule has 110 valence electrons. The number of thiophene rings is 1. The standard InChI is InChI=1S/C15H18N4OS/c1-3-7-19(8-4-2)14(20)15(13-6-5-9-21-13)10-12(15)11-17-18-16/h3-6,9,12H,1-2,7-8,10-11H2/t12-,15-/m0/s1. The fraction of sp³-hybridized carbons (Fsp3) is 0.400. The van der Waals surface area contributed by atoms with E-state index in [0.717, 1.165) is 11.3 Å². The molecule has 2 rings (SSSR count). The Bertz CT molecular complexity index is 567. The highest BCUT2D eigenvalue weighted by Crippen LogP contribution is 2.57. The van der Waals surface area contributed by atoms with E-state index >= 15 is 0 Å². The Morgan fingerprint density at radius 1 is 1.57 bits per heavy atom. The summed E-state index contributed by atoms with van der Waals surface area (Å²) in [6.45, 7) is 8.76. The zero-order valence-corrected chi connectivity index (χ0v) is 12.6. The highest BCUT2D eigenvalue weighted by molar-refractivity contribution is 7.10. The minimum Gasteiger partial charge on any atom is -0.334 e. The van der Waals surface area contributed by atoms with Crippen LogP contribution in [0.25, 0.3) is 10.4 Å². The summed E-state index contributed by atoms with van der Waals surface area (Å²) in [5.41, 5.74) is 7.97. The van der Waals surface area contributed by atoms with Crippen molar-refractivity contribution in [1.82, 2.24) is 4.90 Å². The first-order valence-electron chi connectivity index (χ1n) is 6.76. The zero-order chi connectivity index (χ0) is 15.3. The molecule has 0 bridgehead atoms. The molecular formula is C15H18N4OS. The molecule has 21 heavy (non-hydrogen) atoms. The van der Waals surface area contributed by atoms with Gasteiger partial charge in [0.25, 0.3) is 0 Å². The van der Waals surface area contributed by atoms with E-state index in [-0.39, 0.29) is 11.8 Å². The predicted molar refractivity (Wildman–Crippen MR) is 85.1 cm³/mol. The molecule has 0 unspecified atom stereocenters. The van der Waals surface area contributed by atoms with Crippen LogP contribution >= 0.6 is 11.3 Å². The van der Waals surface area contributed by atoms with Crippen LogP contribution in [0, 0.1) is 5.92 Å². The molecule has 2 atom stereocenters. The van der Waals surface area contributed by atoms with E-state index < -0.39 is 5.41 Å². The van der Waals surface area contributed by atoms with Crippen LogP contribution in [0.2, 0.25) is 0 Å². The molecule has 1 aliphatic rings. The van der Waals surface area contributed by atoms with Gasteiger partial charge >= 0.3 is 0 Å². The van der Waals surface area contributed by atoms with Gasteiger partial charge in [-0.2, -0.15) is 0 Å². The van der Waals surface area contributed by atoms with Crippen LogP contribution in [0.1, 0.15) is 11.3 Å². The van der Waals surface area contributed by atoms with Crippen molar-refractivity contribution < 1.29 is 4.79 Å². The Hall–Kier alpha value is -2.04. The summed E-state index contributed by atoms with van der Waals surface area (Å²) >= 11 is 1.58. The second-order valence-corrected chi connectivity index (χ2v) is 6.00. The van der Waals surface area contributed by atoms with Gasteiger partial charge in [-0.15, -0.1) is 24.5 Å². The van der Waals surface area contributed by atoms with Crippen molar-refractivity contribution in [3.8, 4) is 0 Å². The van der Waals surface area contributed by atoms with Crippen LogP contribution in [0.5, 0.6) is 0 Å². The lowest BCUT2D eigenvalue weighted by molar-refractivity contribution is -0.133. The van der Waals surface area contributed by atoms with Crippen LogP contribution in [0.3, 0.4) is 0 Å². The number of rotatable bonds is 8. The van der Waals surface area contributed by atoms with E-state index in [9.17, 15) is 4.79 Å². The molecule has 0 aliphatic heterocycles. The van der Waals surface area contributed by atoms with Gasteiger partial charge in [0.2, 0.25) is 5.91 Å². The van der Waals surface area contributed by atoms with E-state index in [1.54, 1.807) is 28.4 Å². The van der Waals surface area contributed by atoms with Gasteiger partial charge in [-0.1, -0.05) is 23.3 Å². The van der Waals surface area contributed by atoms with E-state index in [4.69, 9.17) is 5.53 Å². The van der Waals surface area contributed by atoms with Crippen molar-refractivity contribution in [2.24, 2.45) is 11.0 Å². The first-order valence-corrected chi connectivity index (χ1v) is 7.64. The van der Waals surface area contributed by atoms with Gasteiger partial charge in [-0.3, -0.25) is 4.79 Å². The van der Waals surface area contributed by atoms with Gasteiger partial charge in [0.15, 0.2) is 0 Å². The fourth-order valence-corrected chi connectivity index (χ4v) is 3.73. The smallest absolute Gasteiger partial charge is 0.234 e. The Labute approximate surface area is 128 Å². The largest absolute Gasteiger partial charge is 0.334 e. The maximum absolute atomic E-state index is 13.0. The maximum Gasteiger partial charge on any atom is 0.234 e. The van der Waals surface area contributed by atoms with Gasteiger partial charge < -0.3 is 4.90 Å². The van der Waals surface area contributed by atoms with Crippen LogP contribution < -0.4 is 0 Å².